The van der Waals surface area contributed by atoms with E-state index in [-0.39, 0.29) is 18.3 Å². The lowest BCUT2D eigenvalue weighted by Crippen LogP contribution is -2.61. The van der Waals surface area contributed by atoms with Gasteiger partial charge in [-0.2, -0.15) is 0 Å². The van der Waals surface area contributed by atoms with Gasteiger partial charge in [-0.05, 0) is 56.9 Å². The molecule has 4 heterocycles. The minimum atomic E-state index is -0.487. The zero-order valence-electron chi connectivity index (χ0n) is 19.0. The molecule has 0 aromatic heterocycles. The van der Waals surface area contributed by atoms with Crippen LogP contribution in [0.25, 0.3) is 5.57 Å². The van der Waals surface area contributed by atoms with E-state index in [4.69, 9.17) is 9.47 Å². The average molecular weight is 443 g/mol. The van der Waals surface area contributed by atoms with Gasteiger partial charge in [-0.1, -0.05) is 6.08 Å². The Labute approximate surface area is 190 Å². The van der Waals surface area contributed by atoms with Crippen LogP contribution in [-0.4, -0.2) is 62.2 Å². The van der Waals surface area contributed by atoms with Crippen molar-refractivity contribution in [1.29, 1.82) is 0 Å². The highest BCUT2D eigenvalue weighted by molar-refractivity contribution is 5.76. The second kappa shape index (κ2) is 9.87. The van der Waals surface area contributed by atoms with E-state index in [2.05, 4.69) is 46.4 Å². The smallest absolute Gasteiger partial charge is 0.335 e. The van der Waals surface area contributed by atoms with Gasteiger partial charge in [0.15, 0.2) is 0 Å². The van der Waals surface area contributed by atoms with Gasteiger partial charge >= 0.3 is 6.29 Å². The molecule has 4 aliphatic heterocycles. The number of benzene rings is 1. The summed E-state index contributed by atoms with van der Waals surface area (Å²) in [5, 5.41) is 13.8. The van der Waals surface area contributed by atoms with Crippen LogP contribution in [0.2, 0.25) is 0 Å². The Morgan fingerprint density at radius 1 is 1.22 bits per heavy atom. The van der Waals surface area contributed by atoms with Gasteiger partial charge in [0.25, 0.3) is 6.17 Å². The largest absolute Gasteiger partial charge is 0.492 e. The molecule has 4 N–H and O–H groups in total. The zero-order chi connectivity index (χ0) is 21.9. The summed E-state index contributed by atoms with van der Waals surface area (Å²) in [5.74, 6) is 1.02. The van der Waals surface area contributed by atoms with Crippen LogP contribution >= 0.6 is 0 Å². The van der Waals surface area contributed by atoms with Crippen molar-refractivity contribution in [2.24, 2.45) is 0 Å². The zero-order valence-corrected chi connectivity index (χ0v) is 19.0. The molecule has 2 fully saturated rings. The fourth-order valence-corrected chi connectivity index (χ4v) is 5.22. The van der Waals surface area contributed by atoms with Gasteiger partial charge in [-0.25, -0.2) is 5.32 Å². The van der Waals surface area contributed by atoms with Crippen LogP contribution in [0.5, 0.6) is 5.75 Å². The normalized spacial score (nSPS) is 30.4. The molecule has 8 heteroatoms. The summed E-state index contributed by atoms with van der Waals surface area (Å²) >= 11 is 0. The average Bonchev–Trinajstić information content (AvgIpc) is 3.40. The van der Waals surface area contributed by atoms with E-state index in [0.29, 0.717) is 0 Å². The SMILES string of the molecule is CC1CC(NCC2CCCO2)[N+](=O)C(Nc2cc3c(c(C4=CCNCCC4)c2)OCC3)N1. The molecule has 0 bridgehead atoms. The van der Waals surface area contributed by atoms with Crippen LogP contribution in [0.4, 0.5) is 5.69 Å². The van der Waals surface area contributed by atoms with Crippen LogP contribution in [-0.2, 0) is 11.2 Å². The summed E-state index contributed by atoms with van der Waals surface area (Å²) in [6.45, 7) is 6.33. The third-order valence-electron chi connectivity index (χ3n) is 6.91. The van der Waals surface area contributed by atoms with E-state index < -0.39 is 6.29 Å². The monoisotopic (exact) mass is 442 g/mol. The van der Waals surface area contributed by atoms with Gasteiger partial charge in [0.2, 0.25) is 0 Å². The van der Waals surface area contributed by atoms with Crippen molar-refractivity contribution >= 4 is 11.3 Å². The topological polar surface area (TPSA) is 86.7 Å². The van der Waals surface area contributed by atoms with Gasteiger partial charge in [-0.15, -0.1) is 0 Å². The number of hydrogen-bond donors (Lipinski definition) is 4. The minimum absolute atomic E-state index is 0.224. The van der Waals surface area contributed by atoms with Crippen LogP contribution in [0.1, 0.15) is 50.2 Å². The fraction of sp³-hybridized carbons (Fsp3) is 0.667. The first-order valence-electron chi connectivity index (χ1n) is 12.2. The first-order chi connectivity index (χ1) is 15.7. The van der Waals surface area contributed by atoms with Crippen LogP contribution < -0.4 is 26.0 Å². The van der Waals surface area contributed by atoms with Crippen LogP contribution in [0.3, 0.4) is 0 Å². The maximum absolute atomic E-state index is 13.2. The molecule has 1 aromatic carbocycles. The summed E-state index contributed by atoms with van der Waals surface area (Å²) in [6.07, 6.45) is 7.78. The second-order valence-corrected chi connectivity index (χ2v) is 9.42. The summed E-state index contributed by atoms with van der Waals surface area (Å²) in [5.41, 5.74) is 4.68. The molecule has 174 valence electrons. The molecule has 0 radical (unpaired) electrons. The van der Waals surface area contributed by atoms with E-state index in [1.54, 1.807) is 0 Å². The molecule has 8 nitrogen and oxygen atoms in total. The van der Waals surface area contributed by atoms with Gasteiger partial charge in [0, 0.05) is 60.3 Å². The minimum Gasteiger partial charge on any atom is -0.492 e. The molecule has 4 unspecified atom stereocenters. The molecule has 0 amide bonds. The number of nitroso groups, excluding NO2 is 1. The Morgan fingerprint density at radius 3 is 3.03 bits per heavy atom. The number of nitrogens with zero attached hydrogens (tertiary/aromatic N) is 1. The molecule has 0 saturated carbocycles. The number of fused-ring (bicyclic) bond motifs is 1. The lowest BCUT2D eigenvalue weighted by molar-refractivity contribution is -0.637. The molecule has 0 aliphatic carbocycles. The van der Waals surface area contributed by atoms with Gasteiger partial charge in [0.1, 0.15) is 5.75 Å². The highest BCUT2D eigenvalue weighted by Crippen LogP contribution is 2.39. The van der Waals surface area contributed by atoms with Crippen molar-refractivity contribution in [2.75, 3.05) is 38.2 Å². The van der Waals surface area contributed by atoms with Gasteiger partial charge in [-0.3, -0.25) is 5.32 Å². The van der Waals surface area contributed by atoms with E-state index in [0.717, 1.165) is 87.6 Å². The molecule has 5 rings (SSSR count). The van der Waals surface area contributed by atoms with Crippen LogP contribution in [0.15, 0.2) is 18.2 Å². The Hall–Kier alpha value is -2.00. The van der Waals surface area contributed by atoms with Crippen molar-refractivity contribution in [2.45, 2.75) is 70.0 Å². The lowest BCUT2D eigenvalue weighted by Gasteiger charge is -2.29. The predicted octanol–water partition coefficient (Wildman–Crippen LogP) is 2.34. The third kappa shape index (κ3) is 4.83. The van der Waals surface area contributed by atoms with Gasteiger partial charge < -0.3 is 20.1 Å². The Morgan fingerprint density at radius 2 is 2.16 bits per heavy atom. The molecule has 32 heavy (non-hydrogen) atoms. The number of anilines is 1. The molecule has 0 spiro atoms. The number of hydrogen-bond acceptors (Lipinski definition) is 7. The van der Waals surface area contributed by atoms with E-state index in [9.17, 15) is 4.91 Å². The number of rotatable bonds is 6. The quantitative estimate of drug-likeness (QED) is 0.503. The van der Waals surface area contributed by atoms with E-state index >= 15 is 0 Å². The molecule has 2 saturated heterocycles. The summed E-state index contributed by atoms with van der Waals surface area (Å²) in [4.78, 5) is 13.2. The number of nitrogens with one attached hydrogen (secondary N) is 4. The van der Waals surface area contributed by atoms with Crippen molar-refractivity contribution in [3.05, 3.63) is 34.2 Å². The van der Waals surface area contributed by atoms with Crippen molar-refractivity contribution in [3.8, 4) is 5.75 Å². The Kier molecular flexibility index (Phi) is 6.73. The summed E-state index contributed by atoms with van der Waals surface area (Å²) < 4.78 is 12.9. The molecular weight excluding hydrogens is 406 g/mol. The standard InChI is InChI=1S/C24H36N5O3/c1-16-12-22(26-15-20-5-3-10-31-20)29(30)24(27-16)28-19-13-18-7-11-32-23(18)21(14-19)17-4-2-8-25-9-6-17/h6,13-14,16,20,22,24-28H,2-5,7-12,15H2,1H3/q+1. The maximum Gasteiger partial charge on any atom is 0.335 e. The summed E-state index contributed by atoms with van der Waals surface area (Å²) in [6, 6.07) is 4.53. The van der Waals surface area contributed by atoms with Crippen molar-refractivity contribution < 1.29 is 14.2 Å². The van der Waals surface area contributed by atoms with E-state index in [1.165, 1.54) is 16.7 Å². The molecule has 1 aromatic rings. The molecule has 4 atom stereocenters. The Bertz CT molecular complexity index is 867. The van der Waals surface area contributed by atoms with Crippen molar-refractivity contribution in [3.63, 3.8) is 0 Å². The number of ether oxygens (including phenoxy) is 2. The lowest BCUT2D eigenvalue weighted by atomic mass is 9.96. The van der Waals surface area contributed by atoms with E-state index in [1.807, 2.05) is 0 Å². The molecular formula is C24H36N5O3+. The Balaban J connectivity index is 1.32. The fourth-order valence-electron chi connectivity index (χ4n) is 5.22. The highest BCUT2D eigenvalue weighted by Gasteiger charge is 2.41. The highest BCUT2D eigenvalue weighted by atomic mass is 16.5. The third-order valence-corrected chi connectivity index (χ3v) is 6.91. The molecule has 4 aliphatic rings. The number of allylic oxidation sites excluding steroid dienone is 1. The van der Waals surface area contributed by atoms with Crippen LogP contribution in [0, 0.1) is 4.91 Å². The van der Waals surface area contributed by atoms with Crippen molar-refractivity contribution in [1.82, 2.24) is 16.0 Å². The summed E-state index contributed by atoms with van der Waals surface area (Å²) in [7, 11) is 0. The first-order valence-corrected chi connectivity index (χ1v) is 12.2. The van der Waals surface area contributed by atoms with Gasteiger partial charge in [0.05, 0.1) is 17.5 Å². The maximum atomic E-state index is 13.2. The second-order valence-electron chi connectivity index (χ2n) is 9.42. The predicted molar refractivity (Wildman–Crippen MR) is 125 cm³/mol. The first kappa shape index (κ1) is 21.8.